The average Bonchev–Trinajstić information content (AvgIpc) is 2.73. The van der Waals surface area contributed by atoms with E-state index >= 15 is 0 Å². The largest absolute Gasteiger partial charge is 0.392 e. The van der Waals surface area contributed by atoms with Crippen LogP contribution in [-0.2, 0) is 0 Å². The molecule has 3 aliphatic rings. The molecule has 0 amide bonds. The van der Waals surface area contributed by atoms with Gasteiger partial charge in [-0.15, -0.1) is 0 Å². The van der Waals surface area contributed by atoms with E-state index in [4.69, 9.17) is 0 Å². The standard InChI is InChI=1S/C15H24O/c1-10-4-5-13-11(8-16)6-12-7-14(2,3)9-15(10,12)13/h6,10,12-13,16H,4-5,7-9H2,1-3H3/t10-,12+,13-,15-/m1/s1. The molecular weight excluding hydrogens is 196 g/mol. The Morgan fingerprint density at radius 1 is 1.38 bits per heavy atom. The van der Waals surface area contributed by atoms with Crippen LogP contribution in [0.4, 0.5) is 0 Å². The molecule has 0 bridgehead atoms. The molecule has 0 radical (unpaired) electrons. The second-order valence-corrected chi connectivity index (χ2v) is 7.19. The molecule has 4 atom stereocenters. The second kappa shape index (κ2) is 3.13. The summed E-state index contributed by atoms with van der Waals surface area (Å²) in [5.41, 5.74) is 2.41. The van der Waals surface area contributed by atoms with Crippen LogP contribution in [0.2, 0.25) is 0 Å². The van der Waals surface area contributed by atoms with Gasteiger partial charge in [0.25, 0.3) is 0 Å². The van der Waals surface area contributed by atoms with Gasteiger partial charge in [0.15, 0.2) is 0 Å². The zero-order valence-corrected chi connectivity index (χ0v) is 10.8. The van der Waals surface area contributed by atoms with Gasteiger partial charge in [-0.3, -0.25) is 0 Å². The molecular formula is C15H24O. The van der Waals surface area contributed by atoms with Crippen LogP contribution in [0.15, 0.2) is 11.6 Å². The summed E-state index contributed by atoms with van der Waals surface area (Å²) in [5, 5.41) is 9.51. The predicted molar refractivity (Wildman–Crippen MR) is 66.0 cm³/mol. The molecule has 1 nitrogen and oxygen atoms in total. The van der Waals surface area contributed by atoms with Crippen LogP contribution < -0.4 is 0 Å². The number of aliphatic hydroxyl groups excluding tert-OH is 1. The Balaban J connectivity index is 2.03. The van der Waals surface area contributed by atoms with E-state index in [0.29, 0.717) is 23.4 Å². The zero-order chi connectivity index (χ0) is 11.6. The van der Waals surface area contributed by atoms with Gasteiger partial charge in [-0.25, -0.2) is 0 Å². The molecule has 16 heavy (non-hydrogen) atoms. The maximum Gasteiger partial charge on any atom is 0.0644 e. The summed E-state index contributed by atoms with van der Waals surface area (Å²) < 4.78 is 0. The SMILES string of the molecule is C[C@@H]1CC[C@@H]2C(CO)=C[C@H]3CC(C)(C)C[C@]123. The first kappa shape index (κ1) is 10.8. The molecule has 2 fully saturated rings. The van der Waals surface area contributed by atoms with Gasteiger partial charge in [0.2, 0.25) is 0 Å². The normalized spacial score (nSPS) is 49.0. The van der Waals surface area contributed by atoms with E-state index in [1.165, 1.54) is 31.3 Å². The van der Waals surface area contributed by atoms with Gasteiger partial charge in [-0.2, -0.15) is 0 Å². The fraction of sp³-hybridized carbons (Fsp3) is 0.867. The molecule has 3 rings (SSSR count). The Kier molecular flexibility index (Phi) is 2.12. The summed E-state index contributed by atoms with van der Waals surface area (Å²) in [6.45, 7) is 7.60. The molecule has 0 aliphatic heterocycles. The Hall–Kier alpha value is -0.300. The van der Waals surface area contributed by atoms with Crippen LogP contribution in [0.25, 0.3) is 0 Å². The van der Waals surface area contributed by atoms with Gasteiger partial charge in [0.05, 0.1) is 6.61 Å². The van der Waals surface area contributed by atoms with Crippen molar-refractivity contribution in [3.63, 3.8) is 0 Å². The summed E-state index contributed by atoms with van der Waals surface area (Å²) >= 11 is 0. The van der Waals surface area contributed by atoms with Crippen molar-refractivity contribution in [1.82, 2.24) is 0 Å². The van der Waals surface area contributed by atoms with Crippen molar-refractivity contribution in [3.8, 4) is 0 Å². The molecule has 1 N–H and O–H groups in total. The first-order valence-electron chi connectivity index (χ1n) is 6.81. The smallest absolute Gasteiger partial charge is 0.0644 e. The monoisotopic (exact) mass is 220 g/mol. The van der Waals surface area contributed by atoms with Crippen LogP contribution in [0.3, 0.4) is 0 Å². The summed E-state index contributed by atoms with van der Waals surface area (Å²) in [5.74, 6) is 2.32. The number of rotatable bonds is 1. The van der Waals surface area contributed by atoms with E-state index in [1.54, 1.807) is 0 Å². The van der Waals surface area contributed by atoms with E-state index in [9.17, 15) is 5.11 Å². The Labute approximate surface area is 98.9 Å². The Morgan fingerprint density at radius 3 is 2.81 bits per heavy atom. The summed E-state index contributed by atoms with van der Waals surface area (Å²) in [4.78, 5) is 0. The summed E-state index contributed by atoms with van der Waals surface area (Å²) in [6, 6.07) is 0. The number of allylic oxidation sites excluding steroid dienone is 1. The summed E-state index contributed by atoms with van der Waals surface area (Å²) in [6.07, 6.45) is 7.83. The van der Waals surface area contributed by atoms with Crippen LogP contribution in [-0.4, -0.2) is 11.7 Å². The third-order valence-corrected chi connectivity index (χ3v) is 5.75. The number of hydrogen-bond acceptors (Lipinski definition) is 1. The molecule has 0 aromatic rings. The van der Waals surface area contributed by atoms with E-state index < -0.39 is 0 Å². The highest BCUT2D eigenvalue weighted by Crippen LogP contribution is 2.70. The predicted octanol–water partition coefficient (Wildman–Crippen LogP) is 3.39. The van der Waals surface area contributed by atoms with Crippen LogP contribution in [0, 0.1) is 28.6 Å². The van der Waals surface area contributed by atoms with E-state index in [0.717, 1.165) is 11.8 Å². The van der Waals surface area contributed by atoms with Crippen LogP contribution in [0.1, 0.15) is 46.5 Å². The van der Waals surface area contributed by atoms with Gasteiger partial charge in [0, 0.05) is 0 Å². The van der Waals surface area contributed by atoms with Gasteiger partial charge in [-0.05, 0) is 59.8 Å². The Bertz CT molecular complexity index is 341. The van der Waals surface area contributed by atoms with Gasteiger partial charge >= 0.3 is 0 Å². The van der Waals surface area contributed by atoms with E-state index in [1.807, 2.05) is 0 Å². The van der Waals surface area contributed by atoms with Crippen molar-refractivity contribution in [2.24, 2.45) is 28.6 Å². The van der Waals surface area contributed by atoms with E-state index in [-0.39, 0.29) is 0 Å². The van der Waals surface area contributed by atoms with Crippen molar-refractivity contribution in [2.45, 2.75) is 46.5 Å². The zero-order valence-electron chi connectivity index (χ0n) is 10.8. The van der Waals surface area contributed by atoms with Crippen molar-refractivity contribution < 1.29 is 5.11 Å². The topological polar surface area (TPSA) is 20.2 Å². The minimum Gasteiger partial charge on any atom is -0.392 e. The first-order valence-corrected chi connectivity index (χ1v) is 6.81. The lowest BCUT2D eigenvalue weighted by atomic mass is 9.67. The van der Waals surface area contributed by atoms with Gasteiger partial charge in [0.1, 0.15) is 0 Å². The van der Waals surface area contributed by atoms with Crippen molar-refractivity contribution >= 4 is 0 Å². The second-order valence-electron chi connectivity index (χ2n) is 7.19. The lowest BCUT2D eigenvalue weighted by Gasteiger charge is -2.36. The third-order valence-electron chi connectivity index (χ3n) is 5.75. The molecule has 0 saturated heterocycles. The lowest BCUT2D eigenvalue weighted by Crippen LogP contribution is -2.31. The average molecular weight is 220 g/mol. The molecule has 1 heteroatoms. The van der Waals surface area contributed by atoms with Gasteiger partial charge in [-0.1, -0.05) is 26.8 Å². The highest BCUT2D eigenvalue weighted by molar-refractivity contribution is 5.30. The van der Waals surface area contributed by atoms with Crippen molar-refractivity contribution in [1.29, 1.82) is 0 Å². The molecule has 0 heterocycles. The molecule has 0 aromatic carbocycles. The Morgan fingerprint density at radius 2 is 2.12 bits per heavy atom. The molecule has 0 aromatic heterocycles. The highest BCUT2D eigenvalue weighted by atomic mass is 16.3. The van der Waals surface area contributed by atoms with Crippen molar-refractivity contribution in [2.75, 3.05) is 6.61 Å². The summed E-state index contributed by atoms with van der Waals surface area (Å²) in [7, 11) is 0. The highest BCUT2D eigenvalue weighted by Gasteiger charge is 2.62. The number of aliphatic hydroxyl groups is 1. The van der Waals surface area contributed by atoms with Crippen LogP contribution in [0.5, 0.6) is 0 Å². The van der Waals surface area contributed by atoms with E-state index in [2.05, 4.69) is 26.8 Å². The van der Waals surface area contributed by atoms with Crippen LogP contribution >= 0.6 is 0 Å². The minimum atomic E-state index is 0.302. The fourth-order valence-electron chi connectivity index (χ4n) is 5.32. The fourth-order valence-corrected chi connectivity index (χ4v) is 5.32. The lowest BCUT2D eigenvalue weighted by molar-refractivity contribution is 0.129. The number of hydrogen-bond donors (Lipinski definition) is 1. The molecule has 90 valence electrons. The van der Waals surface area contributed by atoms with Gasteiger partial charge < -0.3 is 5.11 Å². The third kappa shape index (κ3) is 1.16. The first-order chi connectivity index (χ1) is 7.49. The molecule has 0 unspecified atom stereocenters. The minimum absolute atomic E-state index is 0.302. The molecule has 3 aliphatic carbocycles. The maximum absolute atomic E-state index is 9.51. The van der Waals surface area contributed by atoms with Crippen molar-refractivity contribution in [3.05, 3.63) is 11.6 Å². The quantitative estimate of drug-likeness (QED) is 0.672. The molecule has 1 spiro atoms. The maximum atomic E-state index is 9.51. The molecule has 2 saturated carbocycles.